The van der Waals surface area contributed by atoms with Gasteiger partial charge in [-0.15, -0.1) is 0 Å². The molecule has 96 valence electrons. The number of nitrogens with one attached hydrogen (secondary N) is 1. The maximum absolute atomic E-state index is 11.8. The van der Waals surface area contributed by atoms with Crippen LogP contribution in [0.3, 0.4) is 0 Å². The van der Waals surface area contributed by atoms with Crippen LogP contribution >= 0.6 is 0 Å². The zero-order chi connectivity index (χ0) is 13.3. The second-order valence-corrected chi connectivity index (χ2v) is 4.87. The third-order valence-corrected chi connectivity index (χ3v) is 3.46. The summed E-state index contributed by atoms with van der Waals surface area (Å²) in [7, 11) is 0. The number of amides is 1. The molecule has 3 atom stereocenters. The summed E-state index contributed by atoms with van der Waals surface area (Å²) in [5.74, 6) is -1.88. The van der Waals surface area contributed by atoms with E-state index >= 15 is 0 Å². The van der Waals surface area contributed by atoms with E-state index in [4.69, 9.17) is 5.11 Å². The minimum Gasteiger partial charge on any atom is -0.481 e. The van der Waals surface area contributed by atoms with E-state index in [1.807, 2.05) is 38.1 Å². The summed E-state index contributed by atoms with van der Waals surface area (Å²) in [5, 5.41) is 11.7. The Morgan fingerprint density at radius 1 is 1.33 bits per heavy atom. The molecule has 0 aliphatic heterocycles. The second-order valence-electron chi connectivity index (χ2n) is 4.87. The van der Waals surface area contributed by atoms with Gasteiger partial charge < -0.3 is 10.4 Å². The fraction of sp³-hybridized carbons (Fsp3) is 0.429. The van der Waals surface area contributed by atoms with Crippen molar-refractivity contribution in [1.82, 2.24) is 5.32 Å². The van der Waals surface area contributed by atoms with E-state index in [-0.39, 0.29) is 17.9 Å². The summed E-state index contributed by atoms with van der Waals surface area (Å²) in [6.07, 6.45) is 0.460. The average Bonchev–Trinajstić information content (AvgIpc) is 3.09. The number of rotatable bonds is 4. The smallest absolute Gasteiger partial charge is 0.307 e. The highest BCUT2D eigenvalue weighted by molar-refractivity contribution is 5.89. The van der Waals surface area contributed by atoms with Gasteiger partial charge in [0.15, 0.2) is 0 Å². The van der Waals surface area contributed by atoms with E-state index in [1.165, 1.54) is 0 Å². The first-order valence-electron chi connectivity index (χ1n) is 6.09. The third-order valence-electron chi connectivity index (χ3n) is 3.46. The lowest BCUT2D eigenvalue weighted by Gasteiger charge is -2.16. The summed E-state index contributed by atoms with van der Waals surface area (Å²) >= 11 is 0. The molecule has 18 heavy (non-hydrogen) atoms. The first-order valence-corrected chi connectivity index (χ1v) is 6.09. The molecule has 2 N–H and O–H groups in total. The summed E-state index contributed by atoms with van der Waals surface area (Å²) in [4.78, 5) is 22.5. The SMILES string of the molecule is Cc1ccccc1C(C)NC(=O)[C@@H]1C[C@@H]1C(=O)O. The average molecular weight is 247 g/mol. The van der Waals surface area contributed by atoms with Crippen LogP contribution in [0.4, 0.5) is 0 Å². The summed E-state index contributed by atoms with van der Waals surface area (Å²) in [6, 6.07) is 7.77. The van der Waals surface area contributed by atoms with Gasteiger partial charge in [-0.2, -0.15) is 0 Å². The first-order chi connectivity index (χ1) is 8.50. The maximum Gasteiger partial charge on any atom is 0.307 e. The molecule has 1 aliphatic rings. The lowest BCUT2D eigenvalue weighted by Crippen LogP contribution is -2.29. The van der Waals surface area contributed by atoms with E-state index < -0.39 is 11.9 Å². The molecule has 0 aromatic heterocycles. The number of aryl methyl sites for hydroxylation is 1. The zero-order valence-corrected chi connectivity index (χ0v) is 10.5. The molecule has 1 aliphatic carbocycles. The Labute approximate surface area is 106 Å². The molecule has 0 spiro atoms. The normalized spacial score (nSPS) is 23.2. The molecule has 4 nitrogen and oxygen atoms in total. The minimum absolute atomic E-state index is 0.0891. The molecule has 2 rings (SSSR count). The Bertz CT molecular complexity index is 484. The third kappa shape index (κ3) is 2.53. The van der Waals surface area contributed by atoms with Crippen LogP contribution in [0.2, 0.25) is 0 Å². The number of hydrogen-bond donors (Lipinski definition) is 2. The van der Waals surface area contributed by atoms with Crippen LogP contribution in [0.1, 0.15) is 30.5 Å². The van der Waals surface area contributed by atoms with Gasteiger partial charge in [-0.3, -0.25) is 9.59 Å². The highest BCUT2D eigenvalue weighted by Crippen LogP contribution is 2.39. The van der Waals surface area contributed by atoms with Crippen LogP contribution in [0.25, 0.3) is 0 Å². The standard InChI is InChI=1S/C14H17NO3/c1-8-5-3-4-6-10(8)9(2)15-13(16)11-7-12(11)14(17)18/h3-6,9,11-12H,7H2,1-2H3,(H,15,16)(H,17,18)/t9?,11-,12+/m1/s1. The molecule has 1 amide bonds. The number of carbonyl (C=O) groups is 2. The maximum atomic E-state index is 11.8. The largest absolute Gasteiger partial charge is 0.481 e. The van der Waals surface area contributed by atoms with Gasteiger partial charge in [0.05, 0.1) is 17.9 Å². The number of carboxylic acid groups (broad SMARTS) is 1. The van der Waals surface area contributed by atoms with E-state index in [2.05, 4.69) is 5.32 Å². The number of hydrogen-bond acceptors (Lipinski definition) is 2. The predicted octanol–water partition coefficient (Wildman–Crippen LogP) is 1.89. The van der Waals surface area contributed by atoms with Gasteiger partial charge in [0.25, 0.3) is 0 Å². The summed E-state index contributed by atoms with van der Waals surface area (Å²) < 4.78 is 0. The molecule has 0 heterocycles. The molecule has 1 aromatic carbocycles. The molecular weight excluding hydrogens is 230 g/mol. The molecule has 0 radical (unpaired) electrons. The molecule has 4 heteroatoms. The Kier molecular flexibility index (Phi) is 3.36. The fourth-order valence-corrected chi connectivity index (χ4v) is 2.23. The number of carboxylic acids is 1. The van der Waals surface area contributed by atoms with Crippen LogP contribution in [-0.4, -0.2) is 17.0 Å². The number of carbonyl (C=O) groups excluding carboxylic acids is 1. The Morgan fingerprint density at radius 2 is 2.00 bits per heavy atom. The number of aliphatic carboxylic acids is 1. The molecule has 1 fully saturated rings. The van der Waals surface area contributed by atoms with Gasteiger partial charge in [-0.1, -0.05) is 24.3 Å². The summed E-state index contributed by atoms with van der Waals surface area (Å²) in [5.41, 5.74) is 2.19. The van der Waals surface area contributed by atoms with Crippen LogP contribution in [0, 0.1) is 18.8 Å². The van der Waals surface area contributed by atoms with Gasteiger partial charge >= 0.3 is 5.97 Å². The monoisotopic (exact) mass is 247 g/mol. The minimum atomic E-state index is -0.876. The molecule has 1 aromatic rings. The van der Waals surface area contributed by atoms with Gasteiger partial charge in [0.1, 0.15) is 0 Å². The van der Waals surface area contributed by atoms with Crippen molar-refractivity contribution in [3.63, 3.8) is 0 Å². The predicted molar refractivity (Wildman–Crippen MR) is 67.0 cm³/mol. The van der Waals surface area contributed by atoms with E-state index in [9.17, 15) is 9.59 Å². The Morgan fingerprint density at radius 3 is 2.56 bits per heavy atom. The van der Waals surface area contributed by atoms with Crippen molar-refractivity contribution >= 4 is 11.9 Å². The van der Waals surface area contributed by atoms with E-state index in [1.54, 1.807) is 0 Å². The molecule has 0 bridgehead atoms. The lowest BCUT2D eigenvalue weighted by atomic mass is 10.0. The van der Waals surface area contributed by atoms with Crippen molar-refractivity contribution in [2.24, 2.45) is 11.8 Å². The van der Waals surface area contributed by atoms with Crippen molar-refractivity contribution in [1.29, 1.82) is 0 Å². The van der Waals surface area contributed by atoms with Crippen LogP contribution in [-0.2, 0) is 9.59 Å². The first kappa shape index (κ1) is 12.6. The Hall–Kier alpha value is -1.84. The Balaban J connectivity index is 1.97. The lowest BCUT2D eigenvalue weighted by molar-refractivity contribution is -0.140. The van der Waals surface area contributed by atoms with Crippen molar-refractivity contribution in [3.05, 3.63) is 35.4 Å². The summed E-state index contributed by atoms with van der Waals surface area (Å²) in [6.45, 7) is 3.91. The van der Waals surface area contributed by atoms with Crippen LogP contribution in [0.15, 0.2) is 24.3 Å². The highest BCUT2D eigenvalue weighted by Gasteiger charge is 2.48. The molecule has 1 unspecified atom stereocenters. The molecule has 1 saturated carbocycles. The van der Waals surface area contributed by atoms with Crippen LogP contribution in [0.5, 0.6) is 0 Å². The van der Waals surface area contributed by atoms with Gasteiger partial charge in [0.2, 0.25) is 5.91 Å². The number of benzene rings is 1. The quantitative estimate of drug-likeness (QED) is 0.853. The van der Waals surface area contributed by atoms with Gasteiger partial charge in [-0.25, -0.2) is 0 Å². The van der Waals surface area contributed by atoms with Crippen LogP contribution < -0.4 is 5.32 Å². The fourth-order valence-electron chi connectivity index (χ4n) is 2.23. The van der Waals surface area contributed by atoms with Gasteiger partial charge in [0, 0.05) is 0 Å². The van der Waals surface area contributed by atoms with Crippen molar-refractivity contribution in [2.75, 3.05) is 0 Å². The second kappa shape index (κ2) is 4.80. The zero-order valence-electron chi connectivity index (χ0n) is 10.5. The topological polar surface area (TPSA) is 66.4 Å². The van der Waals surface area contributed by atoms with Crippen molar-refractivity contribution in [3.8, 4) is 0 Å². The van der Waals surface area contributed by atoms with Crippen molar-refractivity contribution in [2.45, 2.75) is 26.3 Å². The highest BCUT2D eigenvalue weighted by atomic mass is 16.4. The van der Waals surface area contributed by atoms with Crippen molar-refractivity contribution < 1.29 is 14.7 Å². The van der Waals surface area contributed by atoms with E-state index in [0.717, 1.165) is 11.1 Å². The molecular formula is C14H17NO3. The molecule has 0 saturated heterocycles. The van der Waals surface area contributed by atoms with Gasteiger partial charge in [-0.05, 0) is 31.4 Å². The van der Waals surface area contributed by atoms with E-state index in [0.29, 0.717) is 6.42 Å².